The summed E-state index contributed by atoms with van der Waals surface area (Å²) in [6.07, 6.45) is 3.14. The first-order valence-electron chi connectivity index (χ1n) is 5.04. The summed E-state index contributed by atoms with van der Waals surface area (Å²) >= 11 is 13.5. The van der Waals surface area contributed by atoms with Crippen molar-refractivity contribution in [2.75, 3.05) is 5.32 Å². The molecule has 1 N–H and O–H groups in total. The Kier molecular flexibility index (Phi) is 5.16. The van der Waals surface area contributed by atoms with Crippen LogP contribution in [0.2, 0.25) is 0 Å². The van der Waals surface area contributed by atoms with Gasteiger partial charge in [-0.2, -0.15) is 0 Å². The first-order chi connectivity index (χ1) is 8.97. The molecular weight excluding hydrogens is 508 g/mol. The number of carbonyl (C=O) groups is 1. The third-order valence-corrected chi connectivity index (χ3v) is 4.35. The van der Waals surface area contributed by atoms with Crippen LogP contribution in [0.5, 0.6) is 0 Å². The Balaban J connectivity index is 2.29. The zero-order valence-electron chi connectivity index (χ0n) is 9.25. The molecule has 1 aromatic heterocycles. The van der Waals surface area contributed by atoms with Crippen LogP contribution in [0.3, 0.4) is 0 Å². The normalized spacial score (nSPS) is 10.3. The highest BCUT2D eigenvalue weighted by atomic mass is 79.9. The summed E-state index contributed by atoms with van der Waals surface area (Å²) < 4.78 is 3.23. The lowest BCUT2D eigenvalue weighted by atomic mass is 10.2. The molecule has 0 unspecified atom stereocenters. The Morgan fingerprint density at radius 1 is 0.947 bits per heavy atom. The van der Waals surface area contributed by atoms with Crippen LogP contribution in [0.1, 0.15) is 10.4 Å². The number of amides is 1. The molecule has 0 spiro atoms. The minimum Gasteiger partial charge on any atom is -0.320 e. The smallest absolute Gasteiger partial charge is 0.257 e. The predicted molar refractivity (Wildman–Crippen MR) is 89.4 cm³/mol. The highest BCUT2D eigenvalue weighted by molar-refractivity contribution is 9.11. The van der Waals surface area contributed by atoms with Crippen LogP contribution < -0.4 is 5.32 Å². The molecule has 0 radical (unpaired) electrons. The first-order valence-corrected chi connectivity index (χ1v) is 8.21. The van der Waals surface area contributed by atoms with Crippen molar-refractivity contribution >= 4 is 75.3 Å². The van der Waals surface area contributed by atoms with Crippen LogP contribution in [-0.4, -0.2) is 10.9 Å². The predicted octanol–water partition coefficient (Wildman–Crippen LogP) is 5.38. The van der Waals surface area contributed by atoms with E-state index in [4.69, 9.17) is 0 Å². The highest BCUT2D eigenvalue weighted by Crippen LogP contribution is 2.34. The zero-order chi connectivity index (χ0) is 14.0. The number of nitrogens with one attached hydrogen (secondary N) is 1. The van der Waals surface area contributed by atoms with Crippen LogP contribution >= 0.6 is 63.7 Å². The quantitative estimate of drug-likeness (QED) is 0.586. The van der Waals surface area contributed by atoms with E-state index in [9.17, 15) is 4.79 Å². The van der Waals surface area contributed by atoms with Gasteiger partial charge in [0.2, 0.25) is 0 Å². The molecule has 1 aromatic carbocycles. The van der Waals surface area contributed by atoms with E-state index < -0.39 is 0 Å². The molecule has 0 saturated heterocycles. The van der Waals surface area contributed by atoms with Gasteiger partial charge in [-0.3, -0.25) is 9.78 Å². The van der Waals surface area contributed by atoms with Crippen LogP contribution in [-0.2, 0) is 0 Å². The largest absolute Gasteiger partial charge is 0.320 e. The molecule has 19 heavy (non-hydrogen) atoms. The molecule has 0 bridgehead atoms. The van der Waals surface area contributed by atoms with Gasteiger partial charge < -0.3 is 5.32 Å². The fourth-order valence-corrected chi connectivity index (χ4v) is 4.21. The summed E-state index contributed by atoms with van der Waals surface area (Å²) in [7, 11) is 0. The summed E-state index contributed by atoms with van der Waals surface area (Å²) in [6, 6.07) is 5.43. The molecule has 2 rings (SSSR count). The minimum atomic E-state index is -0.225. The van der Waals surface area contributed by atoms with E-state index in [1.807, 2.05) is 12.1 Å². The lowest BCUT2D eigenvalue weighted by Gasteiger charge is -2.10. The number of hydrogen-bond donors (Lipinski definition) is 1. The number of rotatable bonds is 2. The van der Waals surface area contributed by atoms with Gasteiger partial charge >= 0.3 is 0 Å². The lowest BCUT2D eigenvalue weighted by Crippen LogP contribution is -2.13. The van der Waals surface area contributed by atoms with Gasteiger partial charge in [-0.05, 0) is 66.0 Å². The molecule has 0 saturated carbocycles. The van der Waals surface area contributed by atoms with Crippen molar-refractivity contribution in [1.82, 2.24) is 4.98 Å². The maximum atomic E-state index is 12.1. The van der Waals surface area contributed by atoms with Crippen LogP contribution in [0.25, 0.3) is 0 Å². The highest BCUT2D eigenvalue weighted by Gasteiger charge is 2.12. The molecule has 0 aliphatic carbocycles. The van der Waals surface area contributed by atoms with Gasteiger partial charge in [0.1, 0.15) is 0 Å². The van der Waals surface area contributed by atoms with Crippen molar-refractivity contribution in [2.24, 2.45) is 0 Å². The standard InChI is InChI=1S/C12H6Br4N2O/c13-7-2-9(15)11(10(16)3-7)18-12(19)6-1-8(14)5-17-4-6/h1-5H,(H,18,19). The zero-order valence-corrected chi connectivity index (χ0v) is 15.6. The number of anilines is 1. The third-order valence-electron chi connectivity index (χ3n) is 2.21. The number of halogens is 4. The second-order valence-electron chi connectivity index (χ2n) is 3.59. The van der Waals surface area contributed by atoms with Crippen molar-refractivity contribution in [3.05, 3.63) is 54.0 Å². The Labute approximate surface area is 143 Å². The average molecular weight is 514 g/mol. The van der Waals surface area contributed by atoms with Crippen molar-refractivity contribution in [3.8, 4) is 0 Å². The summed E-state index contributed by atoms with van der Waals surface area (Å²) in [5, 5.41) is 2.83. The van der Waals surface area contributed by atoms with Crippen LogP contribution in [0, 0.1) is 0 Å². The van der Waals surface area contributed by atoms with Crippen molar-refractivity contribution in [2.45, 2.75) is 0 Å². The summed E-state index contributed by atoms with van der Waals surface area (Å²) in [6.45, 7) is 0. The molecule has 0 aliphatic rings. The van der Waals surface area contributed by atoms with Gasteiger partial charge in [0.05, 0.1) is 11.3 Å². The van der Waals surface area contributed by atoms with Crippen LogP contribution in [0.4, 0.5) is 5.69 Å². The molecule has 0 atom stereocenters. The van der Waals surface area contributed by atoms with Crippen LogP contribution in [0.15, 0.2) is 48.5 Å². The van der Waals surface area contributed by atoms with Gasteiger partial charge in [0.15, 0.2) is 0 Å². The lowest BCUT2D eigenvalue weighted by molar-refractivity contribution is 0.102. The SMILES string of the molecule is O=C(Nc1c(Br)cc(Br)cc1Br)c1cncc(Br)c1. The molecule has 1 amide bonds. The number of pyridine rings is 1. The number of aromatic nitrogens is 1. The molecular formula is C12H6Br4N2O. The molecule has 1 heterocycles. The Morgan fingerprint density at radius 3 is 2.16 bits per heavy atom. The van der Waals surface area contributed by atoms with Gasteiger partial charge in [-0.15, -0.1) is 0 Å². The summed E-state index contributed by atoms with van der Waals surface area (Å²) in [5.74, 6) is -0.225. The topological polar surface area (TPSA) is 42.0 Å². The van der Waals surface area contributed by atoms with E-state index in [2.05, 4.69) is 74.0 Å². The Hall–Kier alpha value is -0.240. The number of benzene rings is 1. The molecule has 3 nitrogen and oxygen atoms in total. The Morgan fingerprint density at radius 2 is 1.58 bits per heavy atom. The van der Waals surface area contributed by atoms with Gasteiger partial charge in [0, 0.05) is 30.3 Å². The fourth-order valence-electron chi connectivity index (χ4n) is 1.38. The van der Waals surface area contributed by atoms with E-state index >= 15 is 0 Å². The molecule has 0 fully saturated rings. The molecule has 0 aliphatic heterocycles. The first kappa shape index (κ1) is 15.2. The van der Waals surface area contributed by atoms with Gasteiger partial charge in [-0.1, -0.05) is 15.9 Å². The van der Waals surface area contributed by atoms with Crippen molar-refractivity contribution in [1.29, 1.82) is 0 Å². The number of hydrogen-bond acceptors (Lipinski definition) is 2. The van der Waals surface area contributed by atoms with E-state index in [1.54, 1.807) is 12.3 Å². The third kappa shape index (κ3) is 3.87. The summed E-state index contributed by atoms with van der Waals surface area (Å²) in [5.41, 5.74) is 1.16. The summed E-state index contributed by atoms with van der Waals surface area (Å²) in [4.78, 5) is 16.1. The van der Waals surface area contributed by atoms with E-state index in [1.165, 1.54) is 6.20 Å². The van der Waals surface area contributed by atoms with Crippen molar-refractivity contribution in [3.63, 3.8) is 0 Å². The second-order valence-corrected chi connectivity index (χ2v) is 7.13. The number of carbonyl (C=O) groups excluding carboxylic acids is 1. The maximum absolute atomic E-state index is 12.1. The Bertz CT molecular complexity index is 622. The molecule has 2 aromatic rings. The second kappa shape index (κ2) is 6.47. The van der Waals surface area contributed by atoms with Gasteiger partial charge in [0.25, 0.3) is 5.91 Å². The molecule has 98 valence electrons. The van der Waals surface area contributed by atoms with Gasteiger partial charge in [-0.25, -0.2) is 0 Å². The number of nitrogens with zero attached hydrogens (tertiary/aromatic N) is 1. The van der Waals surface area contributed by atoms with E-state index in [0.29, 0.717) is 11.3 Å². The fraction of sp³-hybridized carbons (Fsp3) is 0. The minimum absolute atomic E-state index is 0.225. The van der Waals surface area contributed by atoms with E-state index in [0.717, 1.165) is 17.9 Å². The van der Waals surface area contributed by atoms with Crippen molar-refractivity contribution < 1.29 is 4.79 Å². The average Bonchev–Trinajstić information content (AvgIpc) is 2.33. The maximum Gasteiger partial charge on any atom is 0.257 e. The van der Waals surface area contributed by atoms with E-state index in [-0.39, 0.29) is 5.91 Å². The monoisotopic (exact) mass is 510 g/mol. The molecule has 7 heteroatoms.